The minimum absolute atomic E-state index is 0.00996. The van der Waals surface area contributed by atoms with Crippen LogP contribution in [0.4, 0.5) is 26.3 Å². The van der Waals surface area contributed by atoms with Crippen LogP contribution < -0.4 is 9.47 Å². The Bertz CT molecular complexity index is 920. The van der Waals surface area contributed by atoms with Crippen molar-refractivity contribution < 1.29 is 63.1 Å². The lowest BCUT2D eigenvalue weighted by atomic mass is 10.1. The number of halogens is 6. The number of carbonyl (C=O) groups is 2. The molecule has 0 aliphatic carbocycles. The highest BCUT2D eigenvalue weighted by atomic mass is 32.2. The second kappa shape index (κ2) is 9.13. The molecular weight excluding hydrogens is 466 g/mol. The first kappa shape index (κ1) is 26.2. The van der Waals surface area contributed by atoms with Gasteiger partial charge >= 0.3 is 29.9 Å². The number of hydrogen-bond donors (Lipinski definition) is 1. The fourth-order valence-electron chi connectivity index (χ4n) is 1.89. The van der Waals surface area contributed by atoms with Crippen molar-refractivity contribution in [3.63, 3.8) is 0 Å². The topological polar surface area (TPSA) is 116 Å². The van der Waals surface area contributed by atoms with E-state index in [9.17, 15) is 44.3 Å². The molecule has 0 spiro atoms. The fourth-order valence-corrected chi connectivity index (χ4v) is 2.79. The summed E-state index contributed by atoms with van der Waals surface area (Å²) in [6, 6.07) is 4.39. The molecule has 1 rings (SSSR count). The van der Waals surface area contributed by atoms with Crippen LogP contribution >= 0.6 is 0 Å². The predicted molar refractivity (Wildman–Crippen MR) is 89.7 cm³/mol. The highest BCUT2D eigenvalue weighted by molar-refractivity contribution is 7.85. The molecule has 0 aliphatic heterocycles. The van der Waals surface area contributed by atoms with Gasteiger partial charge in [0, 0.05) is 5.57 Å². The SMILES string of the molecule is C=C(C)C(=O)Oc1ccc(OCC(=O)OC(CS(=O)(=O)O)(C(F)(F)F)C(F)(F)F)cc1. The van der Waals surface area contributed by atoms with E-state index >= 15 is 0 Å². The number of ether oxygens (including phenoxy) is 3. The smallest absolute Gasteiger partial charge is 0.438 e. The standard InChI is InChI=1S/C16H14F6O8S/c1-9(2)13(24)29-11-5-3-10(4-6-11)28-7-12(23)30-14(15(17,18)19,16(20,21)22)8-31(25,26)27/h3-6H,1,7-8H2,2H3,(H,25,26,27). The number of rotatable bonds is 8. The van der Waals surface area contributed by atoms with Crippen molar-refractivity contribution in [2.75, 3.05) is 12.4 Å². The largest absolute Gasteiger partial charge is 0.482 e. The Labute approximate surface area is 171 Å². The second-order valence-electron chi connectivity index (χ2n) is 5.95. The molecule has 0 aromatic heterocycles. The summed E-state index contributed by atoms with van der Waals surface area (Å²) in [5, 5.41) is 0. The minimum Gasteiger partial charge on any atom is -0.482 e. The van der Waals surface area contributed by atoms with Crippen LogP contribution in [0.5, 0.6) is 11.5 Å². The molecule has 0 bridgehead atoms. The van der Waals surface area contributed by atoms with Crippen molar-refractivity contribution in [2.45, 2.75) is 24.9 Å². The number of alkyl halides is 6. The van der Waals surface area contributed by atoms with E-state index in [0.29, 0.717) is 0 Å². The van der Waals surface area contributed by atoms with Gasteiger partial charge in [-0.3, -0.25) is 4.55 Å². The van der Waals surface area contributed by atoms with Gasteiger partial charge in [-0.2, -0.15) is 34.8 Å². The van der Waals surface area contributed by atoms with Crippen molar-refractivity contribution in [1.82, 2.24) is 0 Å². The third kappa shape index (κ3) is 7.13. The molecule has 0 amide bonds. The molecule has 0 saturated heterocycles. The maximum absolute atomic E-state index is 13.1. The molecule has 0 saturated carbocycles. The van der Waals surface area contributed by atoms with Crippen LogP contribution in [0.3, 0.4) is 0 Å². The summed E-state index contributed by atoms with van der Waals surface area (Å²) in [5.74, 6) is -6.25. The van der Waals surface area contributed by atoms with E-state index in [1.165, 1.54) is 6.92 Å². The van der Waals surface area contributed by atoms with Gasteiger partial charge in [0.25, 0.3) is 10.1 Å². The lowest BCUT2D eigenvalue weighted by Gasteiger charge is -2.35. The molecule has 8 nitrogen and oxygen atoms in total. The Morgan fingerprint density at radius 3 is 1.84 bits per heavy atom. The van der Waals surface area contributed by atoms with Crippen LogP contribution in [0.1, 0.15) is 6.92 Å². The Hall–Kier alpha value is -2.81. The van der Waals surface area contributed by atoms with E-state index in [2.05, 4.69) is 11.3 Å². The van der Waals surface area contributed by atoms with Gasteiger partial charge < -0.3 is 14.2 Å². The summed E-state index contributed by atoms with van der Waals surface area (Å²) in [5.41, 5.74) is -5.44. The maximum Gasteiger partial charge on any atom is 0.438 e. The van der Waals surface area contributed by atoms with E-state index in [-0.39, 0.29) is 17.1 Å². The number of hydrogen-bond acceptors (Lipinski definition) is 7. The van der Waals surface area contributed by atoms with Gasteiger partial charge in [0.2, 0.25) is 0 Å². The van der Waals surface area contributed by atoms with E-state index in [1.54, 1.807) is 0 Å². The van der Waals surface area contributed by atoms with Crippen molar-refractivity contribution >= 4 is 22.1 Å². The first-order chi connectivity index (χ1) is 13.9. The normalized spacial score (nSPS) is 12.8. The third-order valence-electron chi connectivity index (χ3n) is 3.33. The molecule has 1 N–H and O–H groups in total. The average molecular weight is 480 g/mol. The van der Waals surface area contributed by atoms with Gasteiger partial charge in [-0.15, -0.1) is 0 Å². The highest BCUT2D eigenvalue weighted by Crippen LogP contribution is 2.46. The minimum atomic E-state index is -6.44. The summed E-state index contributed by atoms with van der Waals surface area (Å²) in [4.78, 5) is 22.9. The number of benzene rings is 1. The summed E-state index contributed by atoms with van der Waals surface area (Å²) in [7, 11) is -5.89. The van der Waals surface area contributed by atoms with E-state index in [0.717, 1.165) is 24.3 Å². The zero-order valence-corrected chi connectivity index (χ0v) is 16.2. The molecule has 1 aromatic carbocycles. The molecule has 15 heteroatoms. The van der Waals surface area contributed by atoms with Crippen molar-refractivity contribution in [3.8, 4) is 11.5 Å². The Balaban J connectivity index is 2.96. The number of carbonyl (C=O) groups excluding carboxylic acids is 2. The zero-order valence-electron chi connectivity index (χ0n) is 15.4. The molecule has 0 unspecified atom stereocenters. The van der Waals surface area contributed by atoms with Crippen LogP contribution in [0.15, 0.2) is 36.4 Å². The van der Waals surface area contributed by atoms with Crippen LogP contribution in [0.25, 0.3) is 0 Å². The molecule has 0 aliphatic rings. The first-order valence-corrected chi connectivity index (χ1v) is 9.40. The fraction of sp³-hybridized carbons (Fsp3) is 0.375. The van der Waals surface area contributed by atoms with Gasteiger partial charge in [-0.05, 0) is 31.2 Å². The molecule has 0 fully saturated rings. The molecule has 174 valence electrons. The second-order valence-corrected chi connectivity index (χ2v) is 7.41. The van der Waals surface area contributed by atoms with Crippen LogP contribution in [-0.2, 0) is 24.4 Å². The van der Waals surface area contributed by atoms with Gasteiger partial charge in [0.1, 0.15) is 17.3 Å². The quantitative estimate of drug-likeness (QED) is 0.199. The van der Waals surface area contributed by atoms with Gasteiger partial charge in [-0.25, -0.2) is 9.59 Å². The molecule has 0 radical (unpaired) electrons. The lowest BCUT2D eigenvalue weighted by molar-refractivity contribution is -0.361. The Kier molecular flexibility index (Phi) is 7.73. The molecule has 0 heterocycles. The van der Waals surface area contributed by atoms with E-state index in [4.69, 9.17) is 14.0 Å². The van der Waals surface area contributed by atoms with Crippen molar-refractivity contribution in [3.05, 3.63) is 36.4 Å². The zero-order chi connectivity index (χ0) is 24.3. The third-order valence-corrected chi connectivity index (χ3v) is 4.10. The molecule has 31 heavy (non-hydrogen) atoms. The average Bonchev–Trinajstić information content (AvgIpc) is 2.57. The van der Waals surface area contributed by atoms with E-state index in [1.807, 2.05) is 0 Å². The van der Waals surface area contributed by atoms with Crippen LogP contribution in [0, 0.1) is 0 Å². The lowest BCUT2D eigenvalue weighted by Crippen LogP contribution is -2.63. The van der Waals surface area contributed by atoms with Crippen molar-refractivity contribution in [1.29, 1.82) is 0 Å². The summed E-state index contributed by atoms with van der Waals surface area (Å²) < 4.78 is 121. The van der Waals surface area contributed by atoms with Gasteiger partial charge in [-0.1, -0.05) is 6.58 Å². The van der Waals surface area contributed by atoms with Gasteiger partial charge in [0.15, 0.2) is 6.61 Å². The Morgan fingerprint density at radius 1 is 1.00 bits per heavy atom. The maximum atomic E-state index is 13.1. The summed E-state index contributed by atoms with van der Waals surface area (Å²) >= 11 is 0. The molecule has 0 atom stereocenters. The molecule has 1 aromatic rings. The summed E-state index contributed by atoms with van der Waals surface area (Å²) in [6.07, 6.45) is -12.9. The van der Waals surface area contributed by atoms with Crippen molar-refractivity contribution in [2.24, 2.45) is 0 Å². The monoisotopic (exact) mass is 480 g/mol. The van der Waals surface area contributed by atoms with Crippen LogP contribution in [0.2, 0.25) is 0 Å². The van der Waals surface area contributed by atoms with Crippen LogP contribution in [-0.4, -0.2) is 55.2 Å². The van der Waals surface area contributed by atoms with E-state index < -0.39 is 52.4 Å². The molecular formula is C16H14F6O8S. The number of esters is 2. The predicted octanol–water partition coefficient (Wildman–Crippen LogP) is 2.84. The summed E-state index contributed by atoms with van der Waals surface area (Å²) in [6.45, 7) is 3.23. The van der Waals surface area contributed by atoms with Gasteiger partial charge in [0.05, 0.1) is 0 Å². The highest BCUT2D eigenvalue weighted by Gasteiger charge is 2.75. The Morgan fingerprint density at radius 2 is 1.45 bits per heavy atom. The first-order valence-electron chi connectivity index (χ1n) is 7.79.